The number of alkyl halides is 2. The maximum Gasteiger partial charge on any atom is 0.298 e. The molecule has 0 aliphatic carbocycles. The third kappa shape index (κ3) is 4.34. The van der Waals surface area contributed by atoms with Crippen molar-refractivity contribution in [2.45, 2.75) is 19.4 Å². The Balaban J connectivity index is 1.38. The quantitative estimate of drug-likeness (QED) is 0.415. The van der Waals surface area contributed by atoms with E-state index in [4.69, 9.17) is 0 Å². The van der Waals surface area contributed by atoms with Crippen LogP contribution in [-0.4, -0.2) is 28.1 Å². The molecule has 0 atom stereocenters. The van der Waals surface area contributed by atoms with Gasteiger partial charge < -0.3 is 10.2 Å². The molecular weight excluding hydrogens is 476 g/mol. The molecule has 37 heavy (non-hydrogen) atoms. The number of amides is 2. The summed E-state index contributed by atoms with van der Waals surface area (Å²) in [6, 6.07) is 20.1. The van der Waals surface area contributed by atoms with Crippen LogP contribution in [0.15, 0.2) is 79.0 Å². The predicted molar refractivity (Wildman–Crippen MR) is 134 cm³/mol. The lowest BCUT2D eigenvalue weighted by Gasteiger charge is -2.28. The van der Waals surface area contributed by atoms with E-state index in [-0.39, 0.29) is 28.9 Å². The lowest BCUT2D eigenvalue weighted by atomic mass is 10.00. The predicted octanol–water partition coefficient (Wildman–Crippen LogP) is 5.12. The first-order valence-electron chi connectivity index (χ1n) is 11.5. The van der Waals surface area contributed by atoms with Gasteiger partial charge in [0, 0.05) is 29.0 Å². The van der Waals surface area contributed by atoms with Gasteiger partial charge in [0.25, 0.3) is 17.7 Å². The fraction of sp³-hybridized carbons (Fsp3) is 0.143. The summed E-state index contributed by atoms with van der Waals surface area (Å²) in [5.74, 6) is -4.18. The van der Waals surface area contributed by atoms with E-state index >= 15 is 0 Å². The van der Waals surface area contributed by atoms with E-state index in [1.54, 1.807) is 43.3 Å². The highest BCUT2D eigenvalue weighted by atomic mass is 19.3. The van der Waals surface area contributed by atoms with E-state index in [0.29, 0.717) is 23.5 Å². The molecule has 5 rings (SSSR count). The molecule has 2 amide bonds. The SMILES string of the molecule is Cc1ccc(NC(=O)c2cnn3c2C(=O)N(c2ccc(C(F)(F)c4ccccc4)cc2)CC3)cc1C#N. The second kappa shape index (κ2) is 9.32. The molecule has 3 aromatic carbocycles. The highest BCUT2D eigenvalue weighted by Crippen LogP contribution is 2.36. The van der Waals surface area contributed by atoms with Gasteiger partial charge in [0.15, 0.2) is 0 Å². The zero-order chi connectivity index (χ0) is 26.2. The number of carbonyl (C=O) groups excluding carboxylic acids is 2. The third-order valence-electron chi connectivity index (χ3n) is 6.36. The molecule has 1 aliphatic rings. The number of halogens is 2. The van der Waals surface area contributed by atoms with Crippen molar-refractivity contribution in [1.29, 1.82) is 5.26 Å². The van der Waals surface area contributed by atoms with E-state index in [0.717, 1.165) is 5.56 Å². The summed E-state index contributed by atoms with van der Waals surface area (Å²) in [5, 5.41) is 16.1. The van der Waals surface area contributed by atoms with Crippen molar-refractivity contribution in [3.63, 3.8) is 0 Å². The number of nitrogens with one attached hydrogen (secondary N) is 1. The molecule has 0 bridgehead atoms. The maximum atomic E-state index is 14.9. The van der Waals surface area contributed by atoms with Crippen LogP contribution in [0.5, 0.6) is 0 Å². The minimum absolute atomic E-state index is 0.0843. The molecule has 9 heteroatoms. The fourth-order valence-corrected chi connectivity index (χ4v) is 4.30. The zero-order valence-corrected chi connectivity index (χ0v) is 19.8. The Labute approximate surface area is 211 Å². The molecule has 0 saturated heterocycles. The van der Waals surface area contributed by atoms with E-state index in [9.17, 15) is 23.6 Å². The van der Waals surface area contributed by atoms with Gasteiger partial charge in [-0.3, -0.25) is 14.3 Å². The van der Waals surface area contributed by atoms with Crippen LogP contribution in [-0.2, 0) is 12.5 Å². The number of hydrogen-bond donors (Lipinski definition) is 1. The van der Waals surface area contributed by atoms with Crippen LogP contribution in [0.1, 0.15) is 43.1 Å². The highest BCUT2D eigenvalue weighted by Gasteiger charge is 2.35. The van der Waals surface area contributed by atoms with Gasteiger partial charge in [0.1, 0.15) is 5.69 Å². The summed E-state index contributed by atoms with van der Waals surface area (Å²) in [6.45, 7) is 2.40. The number of aromatic nitrogens is 2. The summed E-state index contributed by atoms with van der Waals surface area (Å²) >= 11 is 0. The van der Waals surface area contributed by atoms with Gasteiger partial charge in [-0.2, -0.15) is 19.1 Å². The van der Waals surface area contributed by atoms with Gasteiger partial charge in [-0.1, -0.05) is 48.5 Å². The van der Waals surface area contributed by atoms with Crippen molar-refractivity contribution in [2.24, 2.45) is 0 Å². The van der Waals surface area contributed by atoms with Gasteiger partial charge >= 0.3 is 0 Å². The average Bonchev–Trinajstić information content (AvgIpc) is 3.36. The number of aryl methyl sites for hydroxylation is 1. The van der Waals surface area contributed by atoms with Crippen molar-refractivity contribution >= 4 is 23.2 Å². The molecular formula is C28H21F2N5O2. The van der Waals surface area contributed by atoms with Crippen molar-refractivity contribution in [3.8, 4) is 6.07 Å². The van der Waals surface area contributed by atoms with Crippen LogP contribution in [0, 0.1) is 18.3 Å². The number of fused-ring (bicyclic) bond motifs is 1. The standard InChI is InChI=1S/C28H21F2N5O2/c1-18-7-10-22(15-19(18)16-31)33-26(36)24-17-32-35-14-13-34(27(37)25(24)35)23-11-8-21(9-12-23)28(29,30)20-5-3-2-4-6-20/h2-12,15,17H,13-14H2,1H3,(H,33,36). The Morgan fingerprint density at radius 2 is 1.73 bits per heavy atom. The van der Waals surface area contributed by atoms with E-state index in [1.165, 1.54) is 52.2 Å². The van der Waals surface area contributed by atoms with Gasteiger partial charge in [0.2, 0.25) is 0 Å². The lowest BCUT2D eigenvalue weighted by molar-refractivity contribution is 0.0428. The molecule has 0 saturated carbocycles. The van der Waals surface area contributed by atoms with Crippen molar-refractivity contribution in [1.82, 2.24) is 9.78 Å². The summed E-state index contributed by atoms with van der Waals surface area (Å²) in [6.07, 6.45) is 1.33. The zero-order valence-electron chi connectivity index (χ0n) is 19.8. The van der Waals surface area contributed by atoms with Crippen molar-refractivity contribution in [2.75, 3.05) is 16.8 Å². The minimum Gasteiger partial charge on any atom is -0.322 e. The molecule has 0 fully saturated rings. The number of rotatable bonds is 5. The number of nitrogens with zero attached hydrogens (tertiary/aromatic N) is 4. The summed E-state index contributed by atoms with van der Waals surface area (Å²) < 4.78 is 31.3. The molecule has 0 unspecified atom stereocenters. The topological polar surface area (TPSA) is 91.0 Å². The average molecular weight is 498 g/mol. The molecule has 1 N–H and O–H groups in total. The number of anilines is 2. The molecule has 184 valence electrons. The van der Waals surface area contributed by atoms with Crippen LogP contribution in [0.3, 0.4) is 0 Å². The summed E-state index contributed by atoms with van der Waals surface area (Å²) in [4.78, 5) is 27.8. The van der Waals surface area contributed by atoms with Crippen LogP contribution in [0.25, 0.3) is 0 Å². The van der Waals surface area contributed by atoms with E-state index in [2.05, 4.69) is 16.5 Å². The smallest absolute Gasteiger partial charge is 0.298 e. The first kappa shape index (κ1) is 23.9. The Bertz CT molecular complexity index is 1540. The second-order valence-electron chi connectivity index (χ2n) is 8.67. The maximum absolute atomic E-state index is 14.9. The Morgan fingerprint density at radius 1 is 1.03 bits per heavy atom. The van der Waals surface area contributed by atoms with Crippen LogP contribution < -0.4 is 10.2 Å². The Kier molecular flexibility index (Phi) is 6.01. The fourth-order valence-electron chi connectivity index (χ4n) is 4.30. The second-order valence-corrected chi connectivity index (χ2v) is 8.67. The minimum atomic E-state index is -3.18. The summed E-state index contributed by atoms with van der Waals surface area (Å²) in [5.41, 5.74) is 1.95. The highest BCUT2D eigenvalue weighted by molar-refractivity contribution is 6.15. The number of nitriles is 1. The molecule has 1 aliphatic heterocycles. The normalized spacial score (nSPS) is 13.1. The molecule has 1 aromatic heterocycles. The largest absolute Gasteiger partial charge is 0.322 e. The van der Waals surface area contributed by atoms with Crippen LogP contribution in [0.4, 0.5) is 20.2 Å². The molecule has 0 radical (unpaired) electrons. The van der Waals surface area contributed by atoms with Gasteiger partial charge in [0.05, 0.1) is 29.9 Å². The van der Waals surface area contributed by atoms with Gasteiger partial charge in [-0.25, -0.2) is 0 Å². The molecule has 7 nitrogen and oxygen atoms in total. The monoisotopic (exact) mass is 497 g/mol. The Hall–Kier alpha value is -4.84. The van der Waals surface area contributed by atoms with E-state index in [1.807, 2.05) is 0 Å². The Morgan fingerprint density at radius 3 is 2.43 bits per heavy atom. The number of carbonyl (C=O) groups is 2. The first-order valence-corrected chi connectivity index (χ1v) is 11.5. The summed E-state index contributed by atoms with van der Waals surface area (Å²) in [7, 11) is 0. The van der Waals surface area contributed by atoms with Gasteiger partial charge in [-0.15, -0.1) is 0 Å². The van der Waals surface area contributed by atoms with Crippen molar-refractivity contribution in [3.05, 3.63) is 113 Å². The molecule has 0 spiro atoms. The van der Waals surface area contributed by atoms with E-state index < -0.39 is 17.7 Å². The van der Waals surface area contributed by atoms with Crippen LogP contribution >= 0.6 is 0 Å². The lowest BCUT2D eigenvalue weighted by Crippen LogP contribution is -2.41. The molecule has 4 aromatic rings. The van der Waals surface area contributed by atoms with Crippen molar-refractivity contribution < 1.29 is 18.4 Å². The molecule has 2 heterocycles. The number of hydrogen-bond acceptors (Lipinski definition) is 4. The van der Waals surface area contributed by atoms with Crippen LogP contribution in [0.2, 0.25) is 0 Å². The van der Waals surface area contributed by atoms with Gasteiger partial charge in [-0.05, 0) is 36.8 Å². The third-order valence-corrected chi connectivity index (χ3v) is 6.36. The number of benzene rings is 3. The first-order chi connectivity index (χ1) is 17.8.